The normalized spacial score (nSPS) is 11.4. The van der Waals surface area contributed by atoms with Crippen LogP contribution in [0.1, 0.15) is 7.43 Å². The van der Waals surface area contributed by atoms with Crippen molar-refractivity contribution in [3.8, 4) is 44.6 Å². The summed E-state index contributed by atoms with van der Waals surface area (Å²) in [5, 5.41) is 3.58. The highest BCUT2D eigenvalue weighted by molar-refractivity contribution is 7.26. The fourth-order valence-corrected chi connectivity index (χ4v) is 7.49. The Morgan fingerprint density at radius 1 is 0.489 bits per heavy atom. The van der Waals surface area contributed by atoms with E-state index in [1.807, 2.05) is 23.5 Å². The van der Waals surface area contributed by atoms with Gasteiger partial charge in [-0.3, -0.25) is 0 Å². The van der Waals surface area contributed by atoms with Gasteiger partial charge in [0, 0.05) is 31.1 Å². The van der Waals surface area contributed by atoms with Crippen LogP contribution in [0.4, 0.5) is 0 Å². The number of fused-ring (bicyclic) bond motifs is 6. The molecule has 0 saturated heterocycles. The SMILES string of the molecule is C.c1ccc(-c2ccc(-c3ccc4oc5c(-c6cccc(-c7cccc8c7sc7ccccc78)c6)ncnc5c4c3)cc2)cc1. The minimum Gasteiger partial charge on any atom is -0.452 e. The Kier molecular flexibility index (Phi) is 6.51. The lowest BCUT2D eigenvalue weighted by Gasteiger charge is -2.07. The fraction of sp³-hybridized carbons (Fsp3) is 0.0244. The van der Waals surface area contributed by atoms with Gasteiger partial charge in [0.1, 0.15) is 23.1 Å². The van der Waals surface area contributed by atoms with Gasteiger partial charge >= 0.3 is 0 Å². The Balaban J connectivity index is 0.00000300. The van der Waals surface area contributed by atoms with Crippen LogP contribution in [0.2, 0.25) is 0 Å². The average molecular weight is 597 g/mol. The van der Waals surface area contributed by atoms with Crippen LogP contribution in [0.3, 0.4) is 0 Å². The molecule has 0 N–H and O–H groups in total. The molecular weight excluding hydrogens is 569 g/mol. The van der Waals surface area contributed by atoms with E-state index in [0.717, 1.165) is 44.4 Å². The lowest BCUT2D eigenvalue weighted by Crippen LogP contribution is -1.88. The van der Waals surface area contributed by atoms with Gasteiger partial charge in [0.05, 0.1) is 0 Å². The van der Waals surface area contributed by atoms with Crippen molar-refractivity contribution in [3.05, 3.63) is 146 Å². The molecule has 0 aliphatic carbocycles. The van der Waals surface area contributed by atoms with Crippen molar-refractivity contribution in [1.29, 1.82) is 0 Å². The Labute approximate surface area is 265 Å². The van der Waals surface area contributed by atoms with Gasteiger partial charge in [0.15, 0.2) is 5.58 Å². The molecule has 0 radical (unpaired) electrons. The Morgan fingerprint density at radius 3 is 2.02 bits per heavy atom. The first-order chi connectivity index (χ1) is 21.8. The van der Waals surface area contributed by atoms with Crippen LogP contribution < -0.4 is 0 Å². The summed E-state index contributed by atoms with van der Waals surface area (Å²) in [6, 6.07) is 49.3. The molecule has 0 saturated carbocycles. The summed E-state index contributed by atoms with van der Waals surface area (Å²) in [6.07, 6.45) is 1.65. The highest BCUT2D eigenvalue weighted by Crippen LogP contribution is 2.41. The van der Waals surface area contributed by atoms with Crippen molar-refractivity contribution in [3.63, 3.8) is 0 Å². The number of benzene rings is 6. The molecule has 3 nitrogen and oxygen atoms in total. The summed E-state index contributed by atoms with van der Waals surface area (Å²) in [5.41, 5.74) is 11.2. The largest absolute Gasteiger partial charge is 0.452 e. The fourth-order valence-electron chi connectivity index (χ4n) is 6.26. The van der Waals surface area contributed by atoms with Crippen LogP contribution in [0.25, 0.3) is 86.9 Å². The van der Waals surface area contributed by atoms with E-state index in [-0.39, 0.29) is 7.43 Å². The number of thiophene rings is 1. The zero-order chi connectivity index (χ0) is 29.0. The Morgan fingerprint density at radius 2 is 1.16 bits per heavy atom. The van der Waals surface area contributed by atoms with E-state index < -0.39 is 0 Å². The molecule has 0 unspecified atom stereocenters. The topological polar surface area (TPSA) is 38.9 Å². The zero-order valence-corrected chi connectivity index (χ0v) is 24.4. The van der Waals surface area contributed by atoms with E-state index in [4.69, 9.17) is 9.40 Å². The molecule has 6 aromatic carbocycles. The standard InChI is InChI=1S/C40H24N2OS.CH4/c1-2-8-25(9-3-1)26-16-18-27(19-17-26)28-20-21-35-34(23-28)38-39(43-35)37(41-24-42-38)30-11-6-10-29(22-30)31-13-7-14-33-32-12-4-5-15-36(32)44-40(31)33;/h1-24H;1H4. The predicted molar refractivity (Wildman–Crippen MR) is 191 cm³/mol. The number of furan rings is 1. The summed E-state index contributed by atoms with van der Waals surface area (Å²) in [5.74, 6) is 0. The van der Waals surface area contributed by atoms with Crippen molar-refractivity contribution in [2.24, 2.45) is 0 Å². The molecule has 0 bridgehead atoms. The molecule has 3 heterocycles. The molecule has 9 aromatic rings. The molecule has 45 heavy (non-hydrogen) atoms. The number of hydrogen-bond donors (Lipinski definition) is 0. The monoisotopic (exact) mass is 596 g/mol. The molecular formula is C41H28N2OS. The molecule has 214 valence electrons. The molecule has 3 aromatic heterocycles. The number of nitrogens with zero attached hydrogens (tertiary/aromatic N) is 2. The second-order valence-corrected chi connectivity index (χ2v) is 12.1. The van der Waals surface area contributed by atoms with Crippen molar-refractivity contribution < 1.29 is 4.42 Å². The van der Waals surface area contributed by atoms with Gasteiger partial charge in [-0.15, -0.1) is 11.3 Å². The van der Waals surface area contributed by atoms with E-state index >= 15 is 0 Å². The van der Waals surface area contributed by atoms with Crippen LogP contribution >= 0.6 is 11.3 Å². The summed E-state index contributed by atoms with van der Waals surface area (Å²) in [4.78, 5) is 9.41. The molecule has 0 aliphatic rings. The lowest BCUT2D eigenvalue weighted by atomic mass is 9.99. The van der Waals surface area contributed by atoms with Crippen molar-refractivity contribution in [2.75, 3.05) is 0 Å². The van der Waals surface area contributed by atoms with Crippen LogP contribution in [0.5, 0.6) is 0 Å². The molecule has 0 spiro atoms. The first-order valence-electron chi connectivity index (χ1n) is 14.6. The van der Waals surface area contributed by atoms with Crippen molar-refractivity contribution in [1.82, 2.24) is 9.97 Å². The van der Waals surface area contributed by atoms with Crippen LogP contribution in [0, 0.1) is 0 Å². The first kappa shape index (κ1) is 27.0. The van der Waals surface area contributed by atoms with Gasteiger partial charge in [-0.25, -0.2) is 9.97 Å². The zero-order valence-electron chi connectivity index (χ0n) is 23.6. The third-order valence-electron chi connectivity index (χ3n) is 8.43. The molecule has 0 fully saturated rings. The quantitative estimate of drug-likeness (QED) is 0.203. The van der Waals surface area contributed by atoms with Crippen LogP contribution in [0.15, 0.2) is 150 Å². The van der Waals surface area contributed by atoms with E-state index in [1.165, 1.54) is 36.9 Å². The third kappa shape index (κ3) is 4.50. The Bertz CT molecular complexity index is 2490. The van der Waals surface area contributed by atoms with Gasteiger partial charge in [0.2, 0.25) is 0 Å². The van der Waals surface area contributed by atoms with Gasteiger partial charge in [-0.05, 0) is 57.6 Å². The van der Waals surface area contributed by atoms with Gasteiger partial charge in [-0.2, -0.15) is 0 Å². The van der Waals surface area contributed by atoms with Crippen molar-refractivity contribution >= 4 is 53.6 Å². The summed E-state index contributed by atoms with van der Waals surface area (Å²) >= 11 is 1.85. The first-order valence-corrected chi connectivity index (χ1v) is 15.5. The molecule has 9 rings (SSSR count). The highest BCUT2D eigenvalue weighted by atomic mass is 32.1. The smallest absolute Gasteiger partial charge is 0.180 e. The van der Waals surface area contributed by atoms with Gasteiger partial charge in [-0.1, -0.05) is 123 Å². The van der Waals surface area contributed by atoms with Crippen molar-refractivity contribution in [2.45, 2.75) is 7.43 Å². The maximum Gasteiger partial charge on any atom is 0.180 e. The van der Waals surface area contributed by atoms with E-state index in [9.17, 15) is 0 Å². The van der Waals surface area contributed by atoms with Gasteiger partial charge in [0.25, 0.3) is 0 Å². The van der Waals surface area contributed by atoms with Crippen LogP contribution in [-0.4, -0.2) is 9.97 Å². The second-order valence-electron chi connectivity index (χ2n) is 11.0. The third-order valence-corrected chi connectivity index (χ3v) is 9.65. The minimum absolute atomic E-state index is 0. The summed E-state index contributed by atoms with van der Waals surface area (Å²) in [7, 11) is 0. The average Bonchev–Trinajstić information content (AvgIpc) is 3.67. The molecule has 0 amide bonds. The number of rotatable bonds is 4. The van der Waals surface area contributed by atoms with Crippen LogP contribution in [-0.2, 0) is 0 Å². The number of aromatic nitrogens is 2. The summed E-state index contributed by atoms with van der Waals surface area (Å²) in [6.45, 7) is 0. The predicted octanol–water partition coefficient (Wildman–Crippen LogP) is 12.0. The van der Waals surface area contributed by atoms with E-state index in [1.54, 1.807) is 6.33 Å². The van der Waals surface area contributed by atoms with E-state index in [2.05, 4.69) is 132 Å². The minimum atomic E-state index is 0. The van der Waals surface area contributed by atoms with E-state index in [0.29, 0.717) is 5.58 Å². The maximum atomic E-state index is 6.44. The van der Waals surface area contributed by atoms with Gasteiger partial charge < -0.3 is 4.42 Å². The Hall–Kier alpha value is -5.58. The molecule has 0 atom stereocenters. The molecule has 4 heteroatoms. The summed E-state index contributed by atoms with van der Waals surface area (Å²) < 4.78 is 9.04. The second kappa shape index (κ2) is 10.8. The maximum absolute atomic E-state index is 6.44. The highest BCUT2D eigenvalue weighted by Gasteiger charge is 2.17. The molecule has 0 aliphatic heterocycles. The lowest BCUT2D eigenvalue weighted by molar-refractivity contribution is 0.667. The number of hydrogen-bond acceptors (Lipinski definition) is 4.